The highest BCUT2D eigenvalue weighted by molar-refractivity contribution is 7.91. The summed E-state index contributed by atoms with van der Waals surface area (Å²) < 4.78 is 37.7. The van der Waals surface area contributed by atoms with Gasteiger partial charge in [0.25, 0.3) is 10.0 Å². The first-order valence-electron chi connectivity index (χ1n) is 7.08. The molecule has 1 aromatic rings. The molecular weight excluding hydrogens is 376 g/mol. The number of rotatable bonds is 8. The van der Waals surface area contributed by atoms with Gasteiger partial charge in [-0.1, -0.05) is 13.8 Å². The zero-order chi connectivity index (χ0) is 17.8. The van der Waals surface area contributed by atoms with Crippen molar-refractivity contribution in [3.05, 3.63) is 10.9 Å². The summed E-state index contributed by atoms with van der Waals surface area (Å²) in [6.07, 6.45) is 0.584. The van der Waals surface area contributed by atoms with E-state index in [4.69, 9.17) is 10.5 Å². The van der Waals surface area contributed by atoms with Crippen LogP contribution < -0.4 is 15.2 Å². The van der Waals surface area contributed by atoms with Crippen LogP contribution in [0.5, 0.6) is 5.75 Å². The van der Waals surface area contributed by atoms with Gasteiger partial charge in [-0.05, 0) is 19.3 Å². The number of hydrogen-bond donors (Lipinski definition) is 2. The molecule has 0 aromatic carbocycles. The lowest BCUT2D eigenvalue weighted by Gasteiger charge is -2.30. The number of esters is 1. The fourth-order valence-electron chi connectivity index (χ4n) is 2.33. The summed E-state index contributed by atoms with van der Waals surface area (Å²) in [7, 11) is -1.31. The van der Waals surface area contributed by atoms with E-state index in [0.29, 0.717) is 6.42 Å². The third-order valence-corrected chi connectivity index (χ3v) is 6.46. The summed E-state index contributed by atoms with van der Waals surface area (Å²) in [5.41, 5.74) is 4.97. The molecule has 0 bridgehead atoms. The van der Waals surface area contributed by atoms with Crippen LogP contribution in [0.1, 0.15) is 36.9 Å². The Morgan fingerprint density at radius 3 is 2.42 bits per heavy atom. The molecule has 0 saturated carbocycles. The number of hydrogen-bond acceptors (Lipinski definition) is 7. The van der Waals surface area contributed by atoms with Crippen molar-refractivity contribution in [2.75, 3.05) is 20.8 Å². The number of methoxy groups -OCH3 is 2. The number of nitrogens with one attached hydrogen (secondary N) is 1. The molecule has 1 atom stereocenters. The average molecular weight is 401 g/mol. The Hall–Kier alpha value is -0.870. The van der Waals surface area contributed by atoms with Gasteiger partial charge in [-0.2, -0.15) is 0 Å². The topological polar surface area (TPSA) is 108 Å². The number of ether oxygens (including phenoxy) is 2. The maximum absolute atomic E-state index is 12.7. The smallest absolute Gasteiger partial charge is 0.348 e. The van der Waals surface area contributed by atoms with Gasteiger partial charge in [0.2, 0.25) is 0 Å². The van der Waals surface area contributed by atoms with E-state index in [0.717, 1.165) is 11.3 Å². The summed E-state index contributed by atoms with van der Waals surface area (Å²) in [6.45, 7) is 5.89. The Labute approximate surface area is 153 Å². The van der Waals surface area contributed by atoms with Gasteiger partial charge in [0.1, 0.15) is 4.88 Å². The monoisotopic (exact) mass is 400 g/mol. The van der Waals surface area contributed by atoms with Gasteiger partial charge in [0.15, 0.2) is 9.96 Å². The van der Waals surface area contributed by atoms with Crippen molar-refractivity contribution >= 4 is 39.7 Å². The molecule has 0 saturated heterocycles. The number of sulfonamides is 1. The van der Waals surface area contributed by atoms with Crippen molar-refractivity contribution in [2.45, 2.75) is 36.9 Å². The van der Waals surface area contributed by atoms with E-state index >= 15 is 0 Å². The molecule has 0 fully saturated rings. The quantitative estimate of drug-likeness (QED) is 0.646. The summed E-state index contributed by atoms with van der Waals surface area (Å²) in [5.74, 6) is -0.243. The third kappa shape index (κ3) is 5.59. The standard InChI is InChI=1S/C14H24N2O5S2.ClH/c1-9(2)7-14(3,8-15)16-23(18,19)13-10(20-4)6-11(22-13)12(17)21-5;/h6,9,16H,7-8,15H2,1-5H3;1H. The van der Waals surface area contributed by atoms with E-state index in [1.165, 1.54) is 20.3 Å². The highest BCUT2D eigenvalue weighted by atomic mass is 35.5. The van der Waals surface area contributed by atoms with E-state index in [-0.39, 0.29) is 39.7 Å². The second kappa shape index (κ2) is 9.00. The molecule has 0 aliphatic carbocycles. The van der Waals surface area contributed by atoms with Crippen molar-refractivity contribution in [1.82, 2.24) is 4.72 Å². The third-order valence-electron chi connectivity index (χ3n) is 3.21. The molecule has 0 aliphatic heterocycles. The van der Waals surface area contributed by atoms with Crippen LogP contribution in [0.2, 0.25) is 0 Å². The minimum atomic E-state index is -3.88. The van der Waals surface area contributed by atoms with Gasteiger partial charge in [-0.15, -0.1) is 23.7 Å². The maximum atomic E-state index is 12.7. The van der Waals surface area contributed by atoms with Gasteiger partial charge >= 0.3 is 5.97 Å². The van der Waals surface area contributed by atoms with Crippen molar-refractivity contribution in [3.8, 4) is 5.75 Å². The molecule has 1 rings (SSSR count). The Morgan fingerprint density at radius 2 is 2.00 bits per heavy atom. The second-order valence-corrected chi connectivity index (χ2v) is 8.86. The molecule has 1 unspecified atom stereocenters. The number of thiophene rings is 1. The SMILES string of the molecule is COC(=O)c1cc(OC)c(S(=O)(=O)NC(C)(CN)CC(C)C)s1.Cl. The normalized spacial score (nSPS) is 14.0. The predicted molar refractivity (Wildman–Crippen MR) is 96.7 cm³/mol. The zero-order valence-corrected chi connectivity index (χ0v) is 16.9. The van der Waals surface area contributed by atoms with Crippen molar-refractivity contribution in [3.63, 3.8) is 0 Å². The molecule has 1 heterocycles. The van der Waals surface area contributed by atoms with Crippen LogP contribution in [0.3, 0.4) is 0 Å². The highest BCUT2D eigenvalue weighted by Gasteiger charge is 2.34. The first kappa shape index (κ1) is 23.1. The largest absolute Gasteiger partial charge is 0.494 e. The first-order valence-corrected chi connectivity index (χ1v) is 9.38. The van der Waals surface area contributed by atoms with E-state index in [1.54, 1.807) is 6.92 Å². The van der Waals surface area contributed by atoms with Crippen LogP contribution in [0.15, 0.2) is 10.3 Å². The van der Waals surface area contributed by atoms with E-state index in [1.807, 2.05) is 13.8 Å². The average Bonchev–Trinajstić information content (AvgIpc) is 2.90. The molecular formula is C14H25ClN2O5S2. The maximum Gasteiger partial charge on any atom is 0.348 e. The van der Waals surface area contributed by atoms with Gasteiger partial charge < -0.3 is 15.2 Å². The van der Waals surface area contributed by atoms with Crippen LogP contribution in [0, 0.1) is 5.92 Å². The molecule has 0 spiro atoms. The Balaban J connectivity index is 0.00000529. The fraction of sp³-hybridized carbons (Fsp3) is 0.643. The van der Waals surface area contributed by atoms with E-state index in [2.05, 4.69) is 9.46 Å². The lowest BCUT2D eigenvalue weighted by atomic mass is 9.92. The van der Waals surface area contributed by atoms with Gasteiger partial charge in [0.05, 0.1) is 14.2 Å². The molecule has 24 heavy (non-hydrogen) atoms. The molecule has 0 amide bonds. The van der Waals surface area contributed by atoms with Crippen LogP contribution in [-0.2, 0) is 14.8 Å². The summed E-state index contributed by atoms with van der Waals surface area (Å²) in [4.78, 5) is 11.8. The molecule has 0 aliphatic rings. The zero-order valence-electron chi connectivity index (χ0n) is 14.4. The van der Waals surface area contributed by atoms with E-state index in [9.17, 15) is 13.2 Å². The first-order chi connectivity index (χ1) is 10.6. The molecule has 0 radical (unpaired) electrons. The van der Waals surface area contributed by atoms with Gasteiger partial charge in [0, 0.05) is 18.2 Å². The van der Waals surface area contributed by atoms with Gasteiger partial charge in [-0.3, -0.25) is 0 Å². The summed E-state index contributed by atoms with van der Waals surface area (Å²) >= 11 is 0.803. The number of carbonyl (C=O) groups is 1. The minimum absolute atomic E-state index is 0. The Morgan fingerprint density at radius 1 is 1.42 bits per heavy atom. The van der Waals surface area contributed by atoms with Crippen LogP contribution in [0.25, 0.3) is 0 Å². The highest BCUT2D eigenvalue weighted by Crippen LogP contribution is 2.34. The Bertz CT molecular complexity index is 660. The lowest BCUT2D eigenvalue weighted by Crippen LogP contribution is -2.51. The number of carbonyl (C=O) groups excluding carboxylic acids is 1. The van der Waals surface area contributed by atoms with Crippen LogP contribution in [-0.4, -0.2) is 40.7 Å². The van der Waals surface area contributed by atoms with Gasteiger partial charge in [-0.25, -0.2) is 17.9 Å². The lowest BCUT2D eigenvalue weighted by molar-refractivity contribution is 0.0606. The van der Waals surface area contributed by atoms with Crippen LogP contribution >= 0.6 is 23.7 Å². The van der Waals surface area contributed by atoms with Crippen molar-refractivity contribution < 1.29 is 22.7 Å². The van der Waals surface area contributed by atoms with Crippen molar-refractivity contribution in [2.24, 2.45) is 11.7 Å². The molecule has 1 aromatic heterocycles. The molecule has 10 heteroatoms. The number of halogens is 1. The summed E-state index contributed by atoms with van der Waals surface area (Å²) in [5, 5.41) is 0. The molecule has 140 valence electrons. The predicted octanol–water partition coefficient (Wildman–Crippen LogP) is 2.01. The molecule has 7 nitrogen and oxygen atoms in total. The summed E-state index contributed by atoms with van der Waals surface area (Å²) in [6, 6.07) is 1.35. The van der Waals surface area contributed by atoms with E-state index < -0.39 is 21.5 Å². The molecule has 3 N–H and O–H groups in total. The van der Waals surface area contributed by atoms with Crippen molar-refractivity contribution in [1.29, 1.82) is 0 Å². The Kier molecular flexibility index (Phi) is 8.68. The fourth-order valence-corrected chi connectivity index (χ4v) is 5.25. The number of nitrogens with two attached hydrogens (primary N) is 1. The van der Waals surface area contributed by atoms with Crippen LogP contribution in [0.4, 0.5) is 0 Å². The minimum Gasteiger partial charge on any atom is -0.494 e. The second-order valence-electron chi connectivity index (χ2n) is 5.93.